The molecule has 3 unspecified atom stereocenters. The fraction of sp³-hybridized carbons (Fsp3) is 1.00. The van der Waals surface area contributed by atoms with Crippen molar-refractivity contribution in [2.75, 3.05) is 33.4 Å². The maximum atomic E-state index is 5.25. The molecule has 0 amide bonds. The molecule has 1 saturated heterocycles. The zero-order valence-electron chi connectivity index (χ0n) is 11.8. The number of nitrogens with zero attached hydrogens (tertiary/aromatic N) is 1. The number of hydrogen-bond donors (Lipinski definition) is 1. The maximum absolute atomic E-state index is 5.25. The zero-order valence-corrected chi connectivity index (χ0v) is 11.8. The van der Waals surface area contributed by atoms with Crippen LogP contribution in [-0.2, 0) is 4.74 Å². The predicted molar refractivity (Wildman–Crippen MR) is 71.2 cm³/mol. The van der Waals surface area contributed by atoms with E-state index >= 15 is 0 Å². The molecule has 1 saturated carbocycles. The molecule has 0 aromatic rings. The van der Waals surface area contributed by atoms with Crippen molar-refractivity contribution in [3.8, 4) is 0 Å². The van der Waals surface area contributed by atoms with Crippen LogP contribution in [0.2, 0.25) is 0 Å². The lowest BCUT2D eigenvalue weighted by atomic mass is 9.90. The topological polar surface area (TPSA) is 24.5 Å². The second-order valence-corrected chi connectivity index (χ2v) is 6.41. The van der Waals surface area contributed by atoms with Gasteiger partial charge in [0.1, 0.15) is 0 Å². The molecule has 3 atom stereocenters. The van der Waals surface area contributed by atoms with Gasteiger partial charge in [0, 0.05) is 44.9 Å². The molecule has 2 rings (SSSR count). The maximum Gasteiger partial charge on any atom is 0.0500 e. The molecule has 2 fully saturated rings. The Morgan fingerprint density at radius 2 is 2.18 bits per heavy atom. The third-order valence-corrected chi connectivity index (χ3v) is 4.43. The SMILES string of the molecule is COCC(C)CN1CC(C)(C2CC2)NCC1C. The van der Waals surface area contributed by atoms with E-state index in [9.17, 15) is 0 Å². The minimum absolute atomic E-state index is 0.360. The average Bonchev–Trinajstić information content (AvgIpc) is 3.08. The van der Waals surface area contributed by atoms with Gasteiger partial charge in [0.15, 0.2) is 0 Å². The lowest BCUT2D eigenvalue weighted by Gasteiger charge is -2.46. The van der Waals surface area contributed by atoms with Crippen LogP contribution in [0.3, 0.4) is 0 Å². The number of rotatable bonds is 5. The van der Waals surface area contributed by atoms with E-state index in [1.165, 1.54) is 25.9 Å². The number of methoxy groups -OCH3 is 1. The minimum Gasteiger partial charge on any atom is -0.384 e. The first-order chi connectivity index (χ1) is 8.05. The normalized spacial score (nSPS) is 37.1. The van der Waals surface area contributed by atoms with Gasteiger partial charge in [-0.15, -0.1) is 0 Å². The van der Waals surface area contributed by atoms with Gasteiger partial charge in [-0.1, -0.05) is 6.92 Å². The van der Waals surface area contributed by atoms with Crippen LogP contribution in [0.4, 0.5) is 0 Å². The highest BCUT2D eigenvalue weighted by molar-refractivity contribution is 5.03. The summed E-state index contributed by atoms with van der Waals surface area (Å²) in [5, 5.41) is 3.77. The summed E-state index contributed by atoms with van der Waals surface area (Å²) in [7, 11) is 1.80. The highest BCUT2D eigenvalue weighted by Gasteiger charge is 2.45. The first-order valence-corrected chi connectivity index (χ1v) is 7.03. The van der Waals surface area contributed by atoms with E-state index in [1.54, 1.807) is 7.11 Å². The summed E-state index contributed by atoms with van der Waals surface area (Å²) in [5.41, 5.74) is 0.360. The van der Waals surface area contributed by atoms with Gasteiger partial charge in [0.2, 0.25) is 0 Å². The van der Waals surface area contributed by atoms with Gasteiger partial charge >= 0.3 is 0 Å². The van der Waals surface area contributed by atoms with E-state index in [2.05, 4.69) is 31.0 Å². The molecule has 0 radical (unpaired) electrons. The van der Waals surface area contributed by atoms with Crippen molar-refractivity contribution >= 4 is 0 Å². The predicted octanol–water partition coefficient (Wildman–Crippen LogP) is 1.73. The summed E-state index contributed by atoms with van der Waals surface area (Å²) < 4.78 is 5.25. The lowest BCUT2D eigenvalue weighted by Crippen LogP contribution is -2.63. The van der Waals surface area contributed by atoms with E-state index in [0.717, 1.165) is 19.1 Å². The van der Waals surface area contributed by atoms with Crippen molar-refractivity contribution in [3.05, 3.63) is 0 Å². The Kier molecular flexibility index (Phi) is 4.11. The minimum atomic E-state index is 0.360. The molecule has 1 N–H and O–H groups in total. The standard InChI is InChI=1S/C14H28N2O/c1-11(9-17-4)8-16-10-14(3,13-5-6-13)15-7-12(16)2/h11-13,15H,5-10H2,1-4H3. The van der Waals surface area contributed by atoms with Gasteiger partial charge in [-0.2, -0.15) is 0 Å². The van der Waals surface area contributed by atoms with Gasteiger partial charge in [-0.3, -0.25) is 4.90 Å². The summed E-state index contributed by atoms with van der Waals surface area (Å²) in [6, 6.07) is 0.654. The van der Waals surface area contributed by atoms with Gasteiger partial charge < -0.3 is 10.1 Å². The Labute approximate surface area is 106 Å². The van der Waals surface area contributed by atoms with Gasteiger partial charge in [0.05, 0.1) is 0 Å². The Morgan fingerprint density at radius 3 is 2.76 bits per heavy atom. The molecule has 1 aliphatic heterocycles. The lowest BCUT2D eigenvalue weighted by molar-refractivity contribution is 0.0540. The van der Waals surface area contributed by atoms with Crippen LogP contribution in [0.1, 0.15) is 33.6 Å². The Balaban J connectivity index is 1.90. The van der Waals surface area contributed by atoms with Crippen molar-refractivity contribution in [2.24, 2.45) is 11.8 Å². The highest BCUT2D eigenvalue weighted by Crippen LogP contribution is 2.41. The Hall–Kier alpha value is -0.120. The third-order valence-electron chi connectivity index (χ3n) is 4.43. The molecule has 100 valence electrons. The van der Waals surface area contributed by atoms with E-state index in [0.29, 0.717) is 17.5 Å². The van der Waals surface area contributed by atoms with Crippen molar-refractivity contribution in [1.82, 2.24) is 10.2 Å². The molecule has 1 heterocycles. The van der Waals surface area contributed by atoms with Crippen molar-refractivity contribution in [3.63, 3.8) is 0 Å². The molecule has 0 aromatic carbocycles. The van der Waals surface area contributed by atoms with Crippen LogP contribution in [0.5, 0.6) is 0 Å². The van der Waals surface area contributed by atoms with Crippen molar-refractivity contribution in [2.45, 2.75) is 45.2 Å². The smallest absolute Gasteiger partial charge is 0.0500 e. The van der Waals surface area contributed by atoms with Crippen LogP contribution in [0.15, 0.2) is 0 Å². The van der Waals surface area contributed by atoms with Crippen molar-refractivity contribution in [1.29, 1.82) is 0 Å². The number of hydrogen-bond acceptors (Lipinski definition) is 3. The zero-order chi connectivity index (χ0) is 12.5. The van der Waals surface area contributed by atoms with Gasteiger partial charge in [-0.05, 0) is 38.5 Å². The summed E-state index contributed by atoms with van der Waals surface area (Å²) in [6.45, 7) is 11.4. The first-order valence-electron chi connectivity index (χ1n) is 7.03. The van der Waals surface area contributed by atoms with E-state index in [1.807, 2.05) is 0 Å². The summed E-state index contributed by atoms with van der Waals surface area (Å²) in [4.78, 5) is 2.65. The second-order valence-electron chi connectivity index (χ2n) is 6.41. The number of ether oxygens (including phenoxy) is 1. The highest BCUT2D eigenvalue weighted by atomic mass is 16.5. The van der Waals surface area contributed by atoms with Gasteiger partial charge in [0.25, 0.3) is 0 Å². The van der Waals surface area contributed by atoms with E-state index in [-0.39, 0.29) is 0 Å². The quantitative estimate of drug-likeness (QED) is 0.792. The molecule has 2 aliphatic rings. The second kappa shape index (κ2) is 5.25. The van der Waals surface area contributed by atoms with Gasteiger partial charge in [-0.25, -0.2) is 0 Å². The molecule has 3 nitrogen and oxygen atoms in total. The fourth-order valence-electron chi connectivity index (χ4n) is 3.12. The summed E-state index contributed by atoms with van der Waals surface area (Å²) in [5.74, 6) is 1.54. The fourth-order valence-corrected chi connectivity index (χ4v) is 3.12. The number of piperazine rings is 1. The summed E-state index contributed by atoms with van der Waals surface area (Å²) in [6.07, 6.45) is 2.83. The molecule has 3 heteroatoms. The summed E-state index contributed by atoms with van der Waals surface area (Å²) >= 11 is 0. The molecule has 0 aromatic heterocycles. The van der Waals surface area contributed by atoms with Crippen LogP contribution in [0, 0.1) is 11.8 Å². The Morgan fingerprint density at radius 1 is 1.47 bits per heavy atom. The monoisotopic (exact) mass is 240 g/mol. The molecular formula is C14H28N2O. The average molecular weight is 240 g/mol. The molecular weight excluding hydrogens is 212 g/mol. The number of nitrogens with one attached hydrogen (secondary N) is 1. The van der Waals surface area contributed by atoms with Crippen LogP contribution in [-0.4, -0.2) is 49.8 Å². The van der Waals surface area contributed by atoms with Crippen molar-refractivity contribution < 1.29 is 4.74 Å². The Bertz CT molecular complexity index is 255. The molecule has 0 spiro atoms. The third kappa shape index (κ3) is 3.21. The largest absolute Gasteiger partial charge is 0.384 e. The van der Waals surface area contributed by atoms with Crippen LogP contribution >= 0.6 is 0 Å². The van der Waals surface area contributed by atoms with Crippen LogP contribution in [0.25, 0.3) is 0 Å². The molecule has 1 aliphatic carbocycles. The van der Waals surface area contributed by atoms with Crippen LogP contribution < -0.4 is 5.32 Å². The van der Waals surface area contributed by atoms with E-state index in [4.69, 9.17) is 4.74 Å². The first kappa shape index (κ1) is 13.3. The molecule has 0 bridgehead atoms. The van der Waals surface area contributed by atoms with E-state index < -0.39 is 0 Å². The molecule has 17 heavy (non-hydrogen) atoms.